The first-order valence-electron chi connectivity index (χ1n) is 6.64. The molecule has 0 aliphatic carbocycles. The summed E-state index contributed by atoms with van der Waals surface area (Å²) in [6.07, 6.45) is 2.75. The summed E-state index contributed by atoms with van der Waals surface area (Å²) in [5, 5.41) is 1.12. The summed E-state index contributed by atoms with van der Waals surface area (Å²) < 4.78 is 0. The lowest BCUT2D eigenvalue weighted by molar-refractivity contribution is 0.0860. The molecule has 0 saturated carbocycles. The van der Waals surface area contributed by atoms with Gasteiger partial charge in [-0.15, -0.1) is 0 Å². The van der Waals surface area contributed by atoms with Crippen LogP contribution >= 0.6 is 15.9 Å². The molecule has 0 aromatic carbocycles. The van der Waals surface area contributed by atoms with E-state index in [1.165, 1.54) is 25.9 Å². The fraction of sp³-hybridized carbons (Fsp3) is 1.00. The lowest BCUT2D eigenvalue weighted by Crippen LogP contribution is -2.45. The van der Waals surface area contributed by atoms with Crippen molar-refractivity contribution in [2.45, 2.75) is 53.5 Å². The van der Waals surface area contributed by atoms with Crippen molar-refractivity contribution in [1.29, 1.82) is 0 Å². The highest BCUT2D eigenvalue weighted by molar-refractivity contribution is 9.09. The molecule has 1 heterocycles. The standard InChI is InChI=1S/C14H28BrN/c1-11-6-7-16(12(2)8-11)10-13(9-15)14(3,4)5/h11-13H,6-10H2,1-5H3. The SMILES string of the molecule is CC1CCN(CC(CBr)C(C)(C)C)C(C)C1. The van der Waals surface area contributed by atoms with Crippen molar-refractivity contribution in [2.24, 2.45) is 17.3 Å². The Hall–Kier alpha value is 0.440. The monoisotopic (exact) mass is 289 g/mol. The van der Waals surface area contributed by atoms with E-state index in [-0.39, 0.29) is 0 Å². The number of alkyl halides is 1. The van der Waals surface area contributed by atoms with E-state index in [2.05, 4.69) is 55.4 Å². The van der Waals surface area contributed by atoms with Gasteiger partial charge in [0.05, 0.1) is 0 Å². The van der Waals surface area contributed by atoms with Crippen molar-refractivity contribution in [3.63, 3.8) is 0 Å². The van der Waals surface area contributed by atoms with Gasteiger partial charge in [0.25, 0.3) is 0 Å². The smallest absolute Gasteiger partial charge is 0.00768 e. The fourth-order valence-corrected chi connectivity index (χ4v) is 3.74. The van der Waals surface area contributed by atoms with Crippen molar-refractivity contribution in [3.05, 3.63) is 0 Å². The van der Waals surface area contributed by atoms with Gasteiger partial charge >= 0.3 is 0 Å². The van der Waals surface area contributed by atoms with Gasteiger partial charge in [-0.25, -0.2) is 0 Å². The number of piperidine rings is 1. The fourth-order valence-electron chi connectivity index (χ4n) is 2.56. The number of nitrogens with zero attached hydrogens (tertiary/aromatic N) is 1. The largest absolute Gasteiger partial charge is 0.300 e. The molecule has 0 amide bonds. The van der Waals surface area contributed by atoms with Crippen molar-refractivity contribution in [2.75, 3.05) is 18.4 Å². The number of hydrogen-bond acceptors (Lipinski definition) is 1. The van der Waals surface area contributed by atoms with Crippen LogP contribution in [-0.4, -0.2) is 29.4 Å². The van der Waals surface area contributed by atoms with E-state index < -0.39 is 0 Å². The predicted octanol–water partition coefficient (Wildman–Crippen LogP) is 4.16. The van der Waals surface area contributed by atoms with Gasteiger partial charge in [0, 0.05) is 17.9 Å². The second kappa shape index (κ2) is 5.86. The van der Waals surface area contributed by atoms with Gasteiger partial charge in [-0.3, -0.25) is 0 Å². The Morgan fingerprint density at radius 1 is 1.31 bits per heavy atom. The molecule has 3 atom stereocenters. The molecule has 1 aliphatic heterocycles. The summed E-state index contributed by atoms with van der Waals surface area (Å²) in [5.74, 6) is 1.67. The quantitative estimate of drug-likeness (QED) is 0.705. The van der Waals surface area contributed by atoms with E-state index in [9.17, 15) is 0 Å². The van der Waals surface area contributed by atoms with Crippen LogP contribution in [-0.2, 0) is 0 Å². The molecule has 3 unspecified atom stereocenters. The summed E-state index contributed by atoms with van der Waals surface area (Å²) in [4.78, 5) is 2.69. The van der Waals surface area contributed by atoms with Crippen LogP contribution in [0.25, 0.3) is 0 Å². The van der Waals surface area contributed by atoms with E-state index >= 15 is 0 Å². The van der Waals surface area contributed by atoms with Crippen LogP contribution in [0.3, 0.4) is 0 Å². The third kappa shape index (κ3) is 4.03. The van der Waals surface area contributed by atoms with Crippen LogP contribution in [0, 0.1) is 17.3 Å². The average molecular weight is 290 g/mol. The molecule has 0 radical (unpaired) electrons. The van der Waals surface area contributed by atoms with Crippen molar-refractivity contribution < 1.29 is 0 Å². The zero-order chi connectivity index (χ0) is 12.3. The molecule has 16 heavy (non-hydrogen) atoms. The molecule has 0 N–H and O–H groups in total. The Kier molecular flexibility index (Phi) is 5.31. The molecule has 1 aliphatic rings. The summed E-state index contributed by atoms with van der Waals surface area (Å²) in [5.41, 5.74) is 0.409. The van der Waals surface area contributed by atoms with Gasteiger partial charge in [0.1, 0.15) is 0 Å². The third-order valence-corrected chi connectivity index (χ3v) is 4.92. The van der Waals surface area contributed by atoms with Crippen LogP contribution in [0.4, 0.5) is 0 Å². The number of rotatable bonds is 3. The van der Waals surface area contributed by atoms with Crippen molar-refractivity contribution >= 4 is 15.9 Å². The van der Waals surface area contributed by atoms with Crippen LogP contribution in [0.5, 0.6) is 0 Å². The van der Waals surface area contributed by atoms with Gasteiger partial charge in [-0.2, -0.15) is 0 Å². The molecule has 0 bridgehead atoms. The minimum atomic E-state index is 0.409. The second-order valence-corrected chi connectivity index (χ2v) is 7.34. The van der Waals surface area contributed by atoms with E-state index in [0.29, 0.717) is 5.41 Å². The molecule has 0 spiro atoms. The summed E-state index contributed by atoms with van der Waals surface area (Å²) in [6.45, 7) is 14.4. The topological polar surface area (TPSA) is 3.24 Å². The Bertz CT molecular complexity index is 209. The van der Waals surface area contributed by atoms with Crippen molar-refractivity contribution in [1.82, 2.24) is 4.90 Å². The zero-order valence-corrected chi connectivity index (χ0v) is 13.2. The predicted molar refractivity (Wildman–Crippen MR) is 76.2 cm³/mol. The Balaban J connectivity index is 2.52. The molecule has 1 fully saturated rings. The van der Waals surface area contributed by atoms with Gasteiger partial charge in [0.2, 0.25) is 0 Å². The third-order valence-electron chi connectivity index (χ3n) is 4.14. The first-order valence-corrected chi connectivity index (χ1v) is 7.76. The highest BCUT2D eigenvalue weighted by Crippen LogP contribution is 2.31. The van der Waals surface area contributed by atoms with Gasteiger partial charge < -0.3 is 4.90 Å². The van der Waals surface area contributed by atoms with Crippen molar-refractivity contribution in [3.8, 4) is 0 Å². The lowest BCUT2D eigenvalue weighted by atomic mass is 9.81. The summed E-state index contributed by atoms with van der Waals surface area (Å²) >= 11 is 3.68. The molecule has 96 valence electrons. The summed E-state index contributed by atoms with van der Waals surface area (Å²) in [6, 6.07) is 0.771. The lowest BCUT2D eigenvalue weighted by Gasteiger charge is -2.41. The Morgan fingerprint density at radius 2 is 1.94 bits per heavy atom. The highest BCUT2D eigenvalue weighted by atomic mass is 79.9. The second-order valence-electron chi connectivity index (χ2n) is 6.69. The maximum Gasteiger partial charge on any atom is 0.00768 e. The average Bonchev–Trinajstić information content (AvgIpc) is 2.14. The van der Waals surface area contributed by atoms with Crippen LogP contribution < -0.4 is 0 Å². The first kappa shape index (κ1) is 14.5. The zero-order valence-electron chi connectivity index (χ0n) is 11.6. The maximum absolute atomic E-state index is 3.68. The van der Waals surface area contributed by atoms with Crippen LogP contribution in [0.1, 0.15) is 47.5 Å². The number of likely N-dealkylation sites (tertiary alicyclic amines) is 1. The number of halogens is 1. The maximum atomic E-state index is 3.68. The number of hydrogen-bond donors (Lipinski definition) is 0. The molecule has 1 nitrogen and oxygen atoms in total. The highest BCUT2D eigenvalue weighted by Gasteiger charge is 2.29. The molecular formula is C14H28BrN. The van der Waals surface area contributed by atoms with Gasteiger partial charge in [-0.1, -0.05) is 43.6 Å². The van der Waals surface area contributed by atoms with E-state index in [4.69, 9.17) is 0 Å². The van der Waals surface area contributed by atoms with Crippen LogP contribution in [0.15, 0.2) is 0 Å². The molecular weight excluding hydrogens is 262 g/mol. The molecule has 0 aromatic heterocycles. The van der Waals surface area contributed by atoms with Gasteiger partial charge in [0.15, 0.2) is 0 Å². The van der Waals surface area contributed by atoms with Crippen LogP contribution in [0.2, 0.25) is 0 Å². The van der Waals surface area contributed by atoms with E-state index in [1.807, 2.05) is 0 Å². The minimum Gasteiger partial charge on any atom is -0.300 e. The van der Waals surface area contributed by atoms with E-state index in [0.717, 1.165) is 23.2 Å². The van der Waals surface area contributed by atoms with Gasteiger partial charge in [-0.05, 0) is 43.6 Å². The molecule has 0 aromatic rings. The summed E-state index contributed by atoms with van der Waals surface area (Å²) in [7, 11) is 0. The molecule has 1 saturated heterocycles. The Morgan fingerprint density at radius 3 is 2.38 bits per heavy atom. The normalized spacial score (nSPS) is 30.4. The Labute approximate surface area is 110 Å². The minimum absolute atomic E-state index is 0.409. The van der Waals surface area contributed by atoms with E-state index in [1.54, 1.807) is 0 Å². The first-order chi connectivity index (χ1) is 7.34. The molecule has 1 rings (SSSR count). The molecule has 2 heteroatoms.